The van der Waals surface area contributed by atoms with Crippen LogP contribution in [0, 0.1) is 23.7 Å². The molecule has 4 aliphatic carbocycles. The zero-order chi connectivity index (χ0) is 20.1. The van der Waals surface area contributed by atoms with Crippen LogP contribution in [0.3, 0.4) is 0 Å². The predicted octanol–water partition coefficient (Wildman–Crippen LogP) is 6.41. The van der Waals surface area contributed by atoms with Gasteiger partial charge >= 0.3 is 0 Å². The van der Waals surface area contributed by atoms with Crippen molar-refractivity contribution in [2.75, 3.05) is 0 Å². The van der Waals surface area contributed by atoms with Gasteiger partial charge in [0.2, 0.25) is 0 Å². The van der Waals surface area contributed by atoms with Crippen LogP contribution in [0.2, 0.25) is 0 Å². The fourth-order valence-electron chi connectivity index (χ4n) is 7.61. The van der Waals surface area contributed by atoms with E-state index >= 15 is 0 Å². The normalized spacial score (nSPS) is 35.1. The molecule has 2 heteroatoms. The number of aryl methyl sites for hydroxylation is 1. The van der Waals surface area contributed by atoms with E-state index in [1.54, 1.807) is 0 Å². The van der Waals surface area contributed by atoms with E-state index in [2.05, 4.69) is 74.6 Å². The molecule has 2 aromatic rings. The second-order valence-corrected chi connectivity index (χ2v) is 11.1. The lowest BCUT2D eigenvalue weighted by molar-refractivity contribution is -0.118. The van der Waals surface area contributed by atoms with Crippen molar-refractivity contribution in [1.82, 2.24) is 5.32 Å². The minimum absolute atomic E-state index is 0.348. The van der Waals surface area contributed by atoms with Crippen LogP contribution < -0.4 is 10.1 Å². The van der Waals surface area contributed by atoms with Crippen molar-refractivity contribution in [3.63, 3.8) is 0 Å². The molecule has 2 aromatic carbocycles. The zero-order valence-corrected chi connectivity index (χ0v) is 18.3. The summed E-state index contributed by atoms with van der Waals surface area (Å²) in [5, 5.41) is 4.05. The van der Waals surface area contributed by atoms with Gasteiger partial charge in [-0.25, -0.2) is 0 Å². The van der Waals surface area contributed by atoms with Gasteiger partial charge < -0.3 is 10.1 Å². The zero-order valence-electron chi connectivity index (χ0n) is 18.3. The molecule has 0 heterocycles. The summed E-state index contributed by atoms with van der Waals surface area (Å²) in [6.45, 7) is 8.82. The van der Waals surface area contributed by atoms with Crippen molar-refractivity contribution in [2.45, 2.75) is 78.0 Å². The molecule has 0 spiro atoms. The highest BCUT2D eigenvalue weighted by Crippen LogP contribution is 2.66. The molecule has 154 valence electrons. The monoisotopic (exact) mass is 389 g/mol. The Kier molecular flexibility index (Phi) is 4.55. The van der Waals surface area contributed by atoms with Crippen molar-refractivity contribution in [1.29, 1.82) is 0 Å². The van der Waals surface area contributed by atoms with Gasteiger partial charge in [0.15, 0.2) is 0 Å². The second-order valence-electron chi connectivity index (χ2n) is 11.1. The van der Waals surface area contributed by atoms with Crippen LogP contribution in [0.5, 0.6) is 5.75 Å². The van der Waals surface area contributed by atoms with E-state index in [1.807, 2.05) is 0 Å². The highest BCUT2D eigenvalue weighted by atomic mass is 16.5. The number of nitrogens with one attached hydrogen (secondary N) is 1. The third-order valence-electron chi connectivity index (χ3n) is 7.85. The van der Waals surface area contributed by atoms with E-state index < -0.39 is 0 Å². The van der Waals surface area contributed by atoms with Gasteiger partial charge in [-0.1, -0.05) is 50.2 Å². The standard InChI is InChI=1S/C27H35NO/c1-20-7-4-5-9-23(20)16-29-24-10-6-8-21(11-24)15-28-27-14-22-12-25(2,18-27)17-26(3,13-22)19-27/h4-11,22,28H,12-19H2,1-3H3/t22?,25-,26+,27?. The molecular weight excluding hydrogens is 354 g/mol. The fourth-order valence-corrected chi connectivity index (χ4v) is 7.61. The number of ether oxygens (including phenoxy) is 1. The van der Waals surface area contributed by atoms with Crippen molar-refractivity contribution in [3.8, 4) is 5.75 Å². The SMILES string of the molecule is Cc1ccccc1COc1cccc(CNC23CC4C[C@@](C)(C2)C[C@](C)(C4)C3)c1. The molecule has 6 rings (SSSR count). The van der Waals surface area contributed by atoms with Gasteiger partial charge in [0, 0.05) is 12.1 Å². The van der Waals surface area contributed by atoms with Crippen molar-refractivity contribution < 1.29 is 4.74 Å². The smallest absolute Gasteiger partial charge is 0.120 e. The van der Waals surface area contributed by atoms with Crippen LogP contribution >= 0.6 is 0 Å². The van der Waals surface area contributed by atoms with Gasteiger partial charge in [-0.15, -0.1) is 0 Å². The largest absolute Gasteiger partial charge is 0.489 e. The van der Waals surface area contributed by atoms with Crippen LogP contribution in [0.1, 0.15) is 69.1 Å². The number of rotatable bonds is 6. The quantitative estimate of drug-likeness (QED) is 0.616. The summed E-state index contributed by atoms with van der Waals surface area (Å²) in [5.74, 6) is 1.90. The van der Waals surface area contributed by atoms with E-state index in [-0.39, 0.29) is 0 Å². The molecular formula is C27H35NO. The van der Waals surface area contributed by atoms with E-state index in [0.717, 1.165) is 18.2 Å². The maximum Gasteiger partial charge on any atom is 0.120 e. The molecule has 4 fully saturated rings. The molecule has 0 radical (unpaired) electrons. The van der Waals surface area contributed by atoms with Crippen molar-refractivity contribution in [2.24, 2.45) is 16.7 Å². The molecule has 2 unspecified atom stereocenters. The minimum Gasteiger partial charge on any atom is -0.489 e. The Morgan fingerprint density at radius 2 is 1.69 bits per heavy atom. The average molecular weight is 390 g/mol. The summed E-state index contributed by atoms with van der Waals surface area (Å²) < 4.78 is 6.11. The molecule has 0 saturated heterocycles. The summed E-state index contributed by atoms with van der Waals surface area (Å²) in [7, 11) is 0. The Bertz CT molecular complexity index is 885. The molecule has 4 atom stereocenters. The van der Waals surface area contributed by atoms with E-state index in [0.29, 0.717) is 23.0 Å². The van der Waals surface area contributed by atoms with Crippen LogP contribution in [-0.4, -0.2) is 5.54 Å². The van der Waals surface area contributed by atoms with Gasteiger partial charge in [-0.3, -0.25) is 0 Å². The van der Waals surface area contributed by atoms with Crippen LogP contribution in [0.4, 0.5) is 0 Å². The first kappa shape index (κ1) is 19.2. The molecule has 4 aliphatic rings. The summed E-state index contributed by atoms with van der Waals surface area (Å²) in [4.78, 5) is 0. The van der Waals surface area contributed by atoms with E-state index in [4.69, 9.17) is 4.74 Å². The van der Waals surface area contributed by atoms with Crippen molar-refractivity contribution in [3.05, 3.63) is 65.2 Å². The average Bonchev–Trinajstić information content (AvgIpc) is 2.63. The third kappa shape index (κ3) is 3.84. The molecule has 1 N–H and O–H groups in total. The van der Waals surface area contributed by atoms with Crippen LogP contribution in [0.25, 0.3) is 0 Å². The molecule has 4 saturated carbocycles. The van der Waals surface area contributed by atoms with E-state index in [1.165, 1.54) is 55.2 Å². The summed E-state index contributed by atoms with van der Waals surface area (Å²) in [5.41, 5.74) is 5.33. The predicted molar refractivity (Wildman–Crippen MR) is 119 cm³/mol. The van der Waals surface area contributed by atoms with Gasteiger partial charge in [-0.2, -0.15) is 0 Å². The molecule has 2 nitrogen and oxygen atoms in total. The molecule has 4 bridgehead atoms. The highest BCUT2D eigenvalue weighted by molar-refractivity contribution is 5.30. The topological polar surface area (TPSA) is 21.3 Å². The molecule has 0 aliphatic heterocycles. The molecule has 0 amide bonds. The highest BCUT2D eigenvalue weighted by Gasteiger charge is 2.59. The lowest BCUT2D eigenvalue weighted by atomic mass is 9.43. The second kappa shape index (κ2) is 6.87. The Balaban J connectivity index is 1.25. The van der Waals surface area contributed by atoms with Crippen molar-refractivity contribution >= 4 is 0 Å². The van der Waals surface area contributed by atoms with E-state index in [9.17, 15) is 0 Å². The number of benzene rings is 2. The van der Waals surface area contributed by atoms with Crippen LogP contribution in [-0.2, 0) is 13.2 Å². The Morgan fingerprint density at radius 3 is 2.41 bits per heavy atom. The first-order valence-electron chi connectivity index (χ1n) is 11.4. The molecule has 0 aromatic heterocycles. The first-order valence-corrected chi connectivity index (χ1v) is 11.4. The molecule has 29 heavy (non-hydrogen) atoms. The lowest BCUT2D eigenvalue weighted by Crippen LogP contribution is -2.63. The summed E-state index contributed by atoms with van der Waals surface area (Å²) >= 11 is 0. The maximum absolute atomic E-state index is 6.11. The Morgan fingerprint density at radius 1 is 0.931 bits per heavy atom. The first-order chi connectivity index (χ1) is 13.8. The van der Waals surface area contributed by atoms with Gasteiger partial charge in [-0.05, 0) is 91.0 Å². The summed E-state index contributed by atoms with van der Waals surface area (Å²) in [6.07, 6.45) is 8.43. The maximum atomic E-state index is 6.11. The van der Waals surface area contributed by atoms with Crippen LogP contribution in [0.15, 0.2) is 48.5 Å². The number of hydrogen-bond donors (Lipinski definition) is 1. The van der Waals surface area contributed by atoms with Gasteiger partial charge in [0.25, 0.3) is 0 Å². The lowest BCUT2D eigenvalue weighted by Gasteiger charge is -2.65. The number of hydrogen-bond acceptors (Lipinski definition) is 2. The summed E-state index contributed by atoms with van der Waals surface area (Å²) in [6, 6.07) is 17.1. The fraction of sp³-hybridized carbons (Fsp3) is 0.556. The third-order valence-corrected chi connectivity index (χ3v) is 7.85. The van der Waals surface area contributed by atoms with Gasteiger partial charge in [0.05, 0.1) is 0 Å². The minimum atomic E-state index is 0.348. The van der Waals surface area contributed by atoms with Gasteiger partial charge in [0.1, 0.15) is 12.4 Å². The Labute approximate surface area is 176 Å². The Hall–Kier alpha value is -1.80.